The predicted octanol–water partition coefficient (Wildman–Crippen LogP) is 2.86. The minimum Gasteiger partial charge on any atom is -0.317 e. The predicted molar refractivity (Wildman–Crippen MR) is 78.0 cm³/mol. The van der Waals surface area contributed by atoms with Gasteiger partial charge in [0.1, 0.15) is 0 Å². The van der Waals surface area contributed by atoms with Crippen LogP contribution in [0.2, 0.25) is 0 Å². The lowest BCUT2D eigenvalue weighted by Gasteiger charge is -2.22. The van der Waals surface area contributed by atoms with Gasteiger partial charge >= 0.3 is 0 Å². The molecule has 1 aromatic carbocycles. The third-order valence-corrected chi connectivity index (χ3v) is 3.99. The second-order valence-electron chi connectivity index (χ2n) is 5.46. The van der Waals surface area contributed by atoms with Crippen molar-refractivity contribution in [2.45, 2.75) is 26.3 Å². The van der Waals surface area contributed by atoms with E-state index in [1.807, 2.05) is 6.20 Å². The number of nitrogens with one attached hydrogen (secondary N) is 1. The van der Waals surface area contributed by atoms with Crippen LogP contribution in [-0.2, 0) is 6.54 Å². The summed E-state index contributed by atoms with van der Waals surface area (Å²) in [6.45, 7) is 5.50. The highest BCUT2D eigenvalue weighted by Crippen LogP contribution is 2.23. The second-order valence-corrected chi connectivity index (χ2v) is 5.46. The maximum atomic E-state index is 4.52. The van der Waals surface area contributed by atoms with Crippen LogP contribution in [0.3, 0.4) is 0 Å². The zero-order chi connectivity index (χ0) is 13.1. The molecule has 0 radical (unpaired) electrons. The molecular formula is C16H21N3. The minimum atomic E-state index is 0.769. The summed E-state index contributed by atoms with van der Waals surface area (Å²) in [5.74, 6) is 0.769. The van der Waals surface area contributed by atoms with E-state index >= 15 is 0 Å². The van der Waals surface area contributed by atoms with Crippen molar-refractivity contribution in [3.05, 3.63) is 42.2 Å². The van der Waals surface area contributed by atoms with Crippen LogP contribution < -0.4 is 5.32 Å². The lowest BCUT2D eigenvalue weighted by atomic mass is 9.98. The summed E-state index contributed by atoms with van der Waals surface area (Å²) in [5.41, 5.74) is 3.83. The van der Waals surface area contributed by atoms with E-state index in [0.717, 1.165) is 25.6 Å². The van der Waals surface area contributed by atoms with Gasteiger partial charge in [-0.15, -0.1) is 0 Å². The number of rotatable bonds is 3. The van der Waals surface area contributed by atoms with E-state index in [1.165, 1.54) is 29.5 Å². The first-order valence-electron chi connectivity index (χ1n) is 7.12. The van der Waals surface area contributed by atoms with Gasteiger partial charge < -0.3 is 5.32 Å². The molecule has 1 aromatic heterocycles. The molecular weight excluding hydrogens is 234 g/mol. The van der Waals surface area contributed by atoms with Crippen molar-refractivity contribution in [2.75, 3.05) is 13.1 Å². The van der Waals surface area contributed by atoms with Gasteiger partial charge in [0.15, 0.2) is 0 Å². The van der Waals surface area contributed by atoms with Gasteiger partial charge in [-0.05, 0) is 49.9 Å². The van der Waals surface area contributed by atoms with Crippen LogP contribution in [0.5, 0.6) is 0 Å². The standard InChI is InChI=1S/C16H21N3/c1-13-4-2-3-5-16(13)15-10-18-19(12-15)11-14-6-8-17-9-7-14/h2-5,10,12,14,17H,6-9,11H2,1H3. The maximum absolute atomic E-state index is 4.52. The van der Waals surface area contributed by atoms with E-state index in [4.69, 9.17) is 0 Å². The molecule has 0 bridgehead atoms. The Kier molecular flexibility index (Phi) is 3.65. The lowest BCUT2D eigenvalue weighted by Crippen LogP contribution is -2.29. The average Bonchev–Trinajstić information content (AvgIpc) is 2.89. The number of aryl methyl sites for hydroxylation is 1. The molecule has 0 amide bonds. The van der Waals surface area contributed by atoms with Gasteiger partial charge in [0.25, 0.3) is 0 Å². The number of nitrogens with zero attached hydrogens (tertiary/aromatic N) is 2. The molecule has 0 unspecified atom stereocenters. The minimum absolute atomic E-state index is 0.769. The number of benzene rings is 1. The van der Waals surface area contributed by atoms with Crippen molar-refractivity contribution < 1.29 is 0 Å². The van der Waals surface area contributed by atoms with Crippen LogP contribution in [0, 0.1) is 12.8 Å². The first-order valence-corrected chi connectivity index (χ1v) is 7.12. The van der Waals surface area contributed by atoms with E-state index in [2.05, 4.69) is 52.5 Å². The normalized spacial score (nSPS) is 16.7. The Labute approximate surface area is 114 Å². The Bertz CT molecular complexity index is 538. The van der Waals surface area contributed by atoms with Gasteiger partial charge in [-0.2, -0.15) is 5.10 Å². The lowest BCUT2D eigenvalue weighted by molar-refractivity contribution is 0.321. The maximum Gasteiger partial charge on any atom is 0.0568 e. The molecule has 1 aliphatic heterocycles. The van der Waals surface area contributed by atoms with Crippen molar-refractivity contribution in [1.29, 1.82) is 0 Å². The molecule has 2 heterocycles. The average molecular weight is 255 g/mol. The Hall–Kier alpha value is -1.61. The molecule has 100 valence electrons. The van der Waals surface area contributed by atoms with Gasteiger partial charge in [-0.3, -0.25) is 4.68 Å². The Morgan fingerprint density at radius 2 is 2.05 bits per heavy atom. The van der Waals surface area contributed by atoms with E-state index in [9.17, 15) is 0 Å². The van der Waals surface area contributed by atoms with Crippen LogP contribution in [0.1, 0.15) is 18.4 Å². The van der Waals surface area contributed by atoms with Crippen LogP contribution in [-0.4, -0.2) is 22.9 Å². The summed E-state index contributed by atoms with van der Waals surface area (Å²) in [7, 11) is 0. The van der Waals surface area contributed by atoms with Gasteiger partial charge in [0.2, 0.25) is 0 Å². The molecule has 0 saturated carbocycles. The molecule has 0 aliphatic carbocycles. The van der Waals surface area contributed by atoms with Crippen molar-refractivity contribution in [3.63, 3.8) is 0 Å². The van der Waals surface area contributed by atoms with Gasteiger partial charge in [0, 0.05) is 18.3 Å². The fourth-order valence-corrected chi connectivity index (χ4v) is 2.83. The molecule has 3 nitrogen and oxygen atoms in total. The first-order chi connectivity index (χ1) is 9.33. The van der Waals surface area contributed by atoms with Gasteiger partial charge in [-0.1, -0.05) is 24.3 Å². The molecule has 19 heavy (non-hydrogen) atoms. The quantitative estimate of drug-likeness (QED) is 0.914. The van der Waals surface area contributed by atoms with Crippen molar-refractivity contribution in [2.24, 2.45) is 5.92 Å². The summed E-state index contributed by atoms with van der Waals surface area (Å²) in [5, 5.41) is 7.93. The molecule has 0 atom stereocenters. The second kappa shape index (κ2) is 5.57. The molecule has 1 aliphatic rings. The number of hydrogen-bond donors (Lipinski definition) is 1. The third kappa shape index (κ3) is 2.87. The highest BCUT2D eigenvalue weighted by Gasteiger charge is 2.14. The Morgan fingerprint density at radius 3 is 2.84 bits per heavy atom. The van der Waals surface area contributed by atoms with Crippen LogP contribution in [0.25, 0.3) is 11.1 Å². The highest BCUT2D eigenvalue weighted by atomic mass is 15.3. The fraction of sp³-hybridized carbons (Fsp3) is 0.438. The zero-order valence-electron chi connectivity index (χ0n) is 11.5. The fourth-order valence-electron chi connectivity index (χ4n) is 2.83. The molecule has 1 saturated heterocycles. The Morgan fingerprint density at radius 1 is 1.26 bits per heavy atom. The molecule has 1 fully saturated rings. The monoisotopic (exact) mass is 255 g/mol. The van der Waals surface area contributed by atoms with Crippen LogP contribution >= 0.6 is 0 Å². The van der Waals surface area contributed by atoms with Crippen molar-refractivity contribution >= 4 is 0 Å². The summed E-state index contributed by atoms with van der Waals surface area (Å²) in [6, 6.07) is 8.49. The van der Waals surface area contributed by atoms with Crippen LogP contribution in [0.4, 0.5) is 0 Å². The summed E-state index contributed by atoms with van der Waals surface area (Å²) < 4.78 is 2.11. The molecule has 3 rings (SSSR count). The highest BCUT2D eigenvalue weighted by molar-refractivity contribution is 5.65. The van der Waals surface area contributed by atoms with Crippen molar-refractivity contribution in [3.8, 4) is 11.1 Å². The summed E-state index contributed by atoms with van der Waals surface area (Å²) in [4.78, 5) is 0. The SMILES string of the molecule is Cc1ccccc1-c1cnn(CC2CCNCC2)c1. The molecule has 1 N–H and O–H groups in total. The summed E-state index contributed by atoms with van der Waals surface area (Å²) in [6.07, 6.45) is 6.70. The van der Waals surface area contributed by atoms with Crippen molar-refractivity contribution in [1.82, 2.24) is 15.1 Å². The van der Waals surface area contributed by atoms with E-state index in [-0.39, 0.29) is 0 Å². The molecule has 3 heteroatoms. The van der Waals surface area contributed by atoms with E-state index in [0.29, 0.717) is 0 Å². The Balaban J connectivity index is 1.74. The molecule has 0 spiro atoms. The van der Waals surface area contributed by atoms with Crippen LogP contribution in [0.15, 0.2) is 36.7 Å². The van der Waals surface area contributed by atoms with Gasteiger partial charge in [-0.25, -0.2) is 0 Å². The van der Waals surface area contributed by atoms with E-state index < -0.39 is 0 Å². The third-order valence-electron chi connectivity index (χ3n) is 3.99. The van der Waals surface area contributed by atoms with E-state index in [1.54, 1.807) is 0 Å². The van der Waals surface area contributed by atoms with Gasteiger partial charge in [0.05, 0.1) is 6.20 Å². The zero-order valence-corrected chi connectivity index (χ0v) is 11.5. The largest absolute Gasteiger partial charge is 0.317 e. The first kappa shape index (κ1) is 12.4. The smallest absolute Gasteiger partial charge is 0.0568 e. The topological polar surface area (TPSA) is 29.9 Å². The number of hydrogen-bond acceptors (Lipinski definition) is 2. The molecule has 2 aromatic rings. The summed E-state index contributed by atoms with van der Waals surface area (Å²) >= 11 is 0. The number of piperidine rings is 1. The number of aromatic nitrogens is 2.